The second-order valence-corrected chi connectivity index (χ2v) is 6.94. The van der Waals surface area contributed by atoms with E-state index in [0.29, 0.717) is 36.3 Å². The Hall–Kier alpha value is -3.42. The van der Waals surface area contributed by atoms with E-state index in [0.717, 1.165) is 11.1 Å². The van der Waals surface area contributed by atoms with Gasteiger partial charge in [-0.05, 0) is 30.2 Å². The van der Waals surface area contributed by atoms with Gasteiger partial charge in [0.15, 0.2) is 0 Å². The Morgan fingerprint density at radius 1 is 1.29 bits per heavy atom. The third-order valence-electron chi connectivity index (χ3n) is 4.82. The van der Waals surface area contributed by atoms with E-state index in [1.54, 1.807) is 47.2 Å². The first kappa shape index (κ1) is 18.0. The van der Waals surface area contributed by atoms with Crippen molar-refractivity contribution in [2.75, 3.05) is 20.2 Å². The molecule has 0 saturated carbocycles. The summed E-state index contributed by atoms with van der Waals surface area (Å²) in [6.45, 7) is 2.95. The number of methoxy groups -OCH3 is 1. The number of hydrogen-bond donors (Lipinski definition) is 1. The summed E-state index contributed by atoms with van der Waals surface area (Å²) in [5, 5.41) is 7.17. The molecule has 4 heterocycles. The monoisotopic (exact) mass is 379 g/mol. The van der Waals surface area contributed by atoms with E-state index in [2.05, 4.69) is 15.4 Å². The van der Waals surface area contributed by atoms with Gasteiger partial charge in [-0.15, -0.1) is 0 Å². The van der Waals surface area contributed by atoms with Gasteiger partial charge in [-0.3, -0.25) is 14.6 Å². The third-order valence-corrected chi connectivity index (χ3v) is 4.82. The number of ether oxygens (including phenoxy) is 1. The molecule has 8 heteroatoms. The van der Waals surface area contributed by atoms with Gasteiger partial charge in [0.05, 0.1) is 31.3 Å². The maximum atomic E-state index is 12.7. The summed E-state index contributed by atoms with van der Waals surface area (Å²) < 4.78 is 6.95. The summed E-state index contributed by atoms with van der Waals surface area (Å²) >= 11 is 0. The fourth-order valence-electron chi connectivity index (χ4n) is 3.38. The summed E-state index contributed by atoms with van der Waals surface area (Å²) in [6.07, 6.45) is 7.08. The predicted molar refractivity (Wildman–Crippen MR) is 102 cm³/mol. The molecular weight excluding hydrogens is 358 g/mol. The van der Waals surface area contributed by atoms with Crippen LogP contribution < -0.4 is 10.1 Å². The van der Waals surface area contributed by atoms with Crippen LogP contribution in [0.2, 0.25) is 0 Å². The van der Waals surface area contributed by atoms with Crippen molar-refractivity contribution in [2.45, 2.75) is 19.4 Å². The lowest BCUT2D eigenvalue weighted by atomic mass is 10.1. The molecule has 28 heavy (non-hydrogen) atoms. The van der Waals surface area contributed by atoms with Gasteiger partial charge in [0, 0.05) is 31.7 Å². The van der Waals surface area contributed by atoms with Crippen molar-refractivity contribution < 1.29 is 14.3 Å². The highest BCUT2D eigenvalue weighted by molar-refractivity contribution is 6.02. The number of likely N-dealkylation sites (tertiary alicyclic amines) is 1. The fraction of sp³-hybridized carbons (Fsp3) is 0.300. The smallest absolute Gasteiger partial charge is 0.255 e. The van der Waals surface area contributed by atoms with Crippen molar-refractivity contribution in [1.82, 2.24) is 24.8 Å². The molecule has 0 bridgehead atoms. The first-order valence-corrected chi connectivity index (χ1v) is 9.04. The Bertz CT molecular complexity index is 1040. The number of rotatable bonds is 5. The van der Waals surface area contributed by atoms with Crippen molar-refractivity contribution in [3.8, 4) is 5.75 Å². The van der Waals surface area contributed by atoms with Crippen molar-refractivity contribution >= 4 is 17.3 Å². The average Bonchev–Trinajstić information content (AvgIpc) is 3.08. The summed E-state index contributed by atoms with van der Waals surface area (Å²) in [4.78, 5) is 30.9. The molecule has 0 radical (unpaired) electrons. The van der Waals surface area contributed by atoms with Crippen LogP contribution in [-0.2, 0) is 11.2 Å². The predicted octanol–water partition coefficient (Wildman–Crippen LogP) is 1.23. The highest BCUT2D eigenvalue weighted by atomic mass is 16.5. The second-order valence-electron chi connectivity index (χ2n) is 6.94. The highest BCUT2D eigenvalue weighted by Crippen LogP contribution is 2.23. The van der Waals surface area contributed by atoms with E-state index in [1.165, 1.54) is 6.20 Å². The van der Waals surface area contributed by atoms with Crippen LogP contribution in [0.1, 0.15) is 21.5 Å². The Balaban J connectivity index is 1.36. The van der Waals surface area contributed by atoms with Crippen molar-refractivity contribution in [1.29, 1.82) is 0 Å². The van der Waals surface area contributed by atoms with Crippen LogP contribution in [0, 0.1) is 6.92 Å². The maximum Gasteiger partial charge on any atom is 0.255 e. The third kappa shape index (κ3) is 3.40. The molecule has 3 aromatic heterocycles. The SMILES string of the molecule is COc1cccn2ncc(C(=O)NC3CN(C(=O)Cc4cncc(C)c4)C3)c12. The molecule has 1 N–H and O–H groups in total. The Morgan fingerprint density at radius 3 is 2.86 bits per heavy atom. The van der Waals surface area contributed by atoms with E-state index >= 15 is 0 Å². The number of nitrogens with zero attached hydrogens (tertiary/aromatic N) is 4. The van der Waals surface area contributed by atoms with Gasteiger partial charge in [-0.2, -0.15) is 5.10 Å². The number of pyridine rings is 2. The van der Waals surface area contributed by atoms with E-state index in [-0.39, 0.29) is 17.9 Å². The lowest BCUT2D eigenvalue weighted by Crippen LogP contribution is -2.61. The van der Waals surface area contributed by atoms with Crippen LogP contribution in [0.25, 0.3) is 5.52 Å². The molecule has 4 rings (SSSR count). The molecule has 0 spiro atoms. The minimum atomic E-state index is -0.223. The first-order chi connectivity index (χ1) is 13.5. The van der Waals surface area contributed by atoms with Crippen molar-refractivity contribution in [2.24, 2.45) is 0 Å². The average molecular weight is 379 g/mol. The zero-order chi connectivity index (χ0) is 19.7. The van der Waals surface area contributed by atoms with Crippen LogP contribution in [0.4, 0.5) is 0 Å². The number of nitrogens with one attached hydrogen (secondary N) is 1. The molecule has 0 unspecified atom stereocenters. The second kappa shape index (κ2) is 7.30. The van der Waals surface area contributed by atoms with Crippen LogP contribution in [0.3, 0.4) is 0 Å². The van der Waals surface area contributed by atoms with Gasteiger partial charge in [0.1, 0.15) is 11.3 Å². The number of hydrogen-bond acceptors (Lipinski definition) is 5. The van der Waals surface area contributed by atoms with Gasteiger partial charge in [-0.1, -0.05) is 6.07 Å². The van der Waals surface area contributed by atoms with E-state index in [1.807, 2.05) is 13.0 Å². The summed E-state index contributed by atoms with van der Waals surface area (Å²) in [7, 11) is 1.56. The zero-order valence-electron chi connectivity index (χ0n) is 15.8. The summed E-state index contributed by atoms with van der Waals surface area (Å²) in [5.74, 6) is 0.400. The van der Waals surface area contributed by atoms with Gasteiger partial charge in [-0.25, -0.2) is 4.52 Å². The molecule has 0 atom stereocenters. The largest absolute Gasteiger partial charge is 0.494 e. The Labute approximate surface area is 162 Å². The van der Waals surface area contributed by atoms with Crippen molar-refractivity contribution in [3.05, 3.63) is 59.7 Å². The van der Waals surface area contributed by atoms with Crippen LogP contribution in [0.5, 0.6) is 5.75 Å². The molecule has 0 aromatic carbocycles. The Morgan fingerprint density at radius 2 is 2.11 bits per heavy atom. The zero-order valence-corrected chi connectivity index (χ0v) is 15.8. The van der Waals surface area contributed by atoms with Gasteiger partial charge in [0.2, 0.25) is 5.91 Å². The standard InChI is InChI=1S/C20H21N5O3/c1-13-6-14(9-21-8-13)7-18(26)24-11-15(12-24)23-20(27)16-10-22-25-5-3-4-17(28-2)19(16)25/h3-6,8-10,15H,7,11-12H2,1-2H3,(H,23,27). The molecule has 2 amide bonds. The number of carbonyl (C=O) groups is 2. The number of aryl methyl sites for hydroxylation is 1. The van der Waals surface area contributed by atoms with Crippen molar-refractivity contribution in [3.63, 3.8) is 0 Å². The molecule has 144 valence electrons. The first-order valence-electron chi connectivity index (χ1n) is 9.04. The van der Waals surface area contributed by atoms with Crippen LogP contribution >= 0.6 is 0 Å². The van der Waals surface area contributed by atoms with E-state index in [4.69, 9.17) is 4.74 Å². The van der Waals surface area contributed by atoms with E-state index < -0.39 is 0 Å². The van der Waals surface area contributed by atoms with Gasteiger partial charge < -0.3 is 15.0 Å². The number of fused-ring (bicyclic) bond motifs is 1. The Kier molecular flexibility index (Phi) is 4.68. The highest BCUT2D eigenvalue weighted by Gasteiger charge is 2.32. The van der Waals surface area contributed by atoms with E-state index in [9.17, 15) is 9.59 Å². The molecule has 3 aromatic rings. The number of aromatic nitrogens is 3. The minimum absolute atomic E-state index is 0.0375. The maximum absolute atomic E-state index is 12.7. The molecule has 1 saturated heterocycles. The van der Waals surface area contributed by atoms with Crippen LogP contribution in [0.15, 0.2) is 43.0 Å². The normalized spacial score (nSPS) is 14.0. The molecular formula is C20H21N5O3. The number of amides is 2. The topological polar surface area (TPSA) is 88.8 Å². The molecule has 1 aliphatic heterocycles. The lowest BCUT2D eigenvalue weighted by Gasteiger charge is -2.39. The fourth-order valence-corrected chi connectivity index (χ4v) is 3.38. The minimum Gasteiger partial charge on any atom is -0.494 e. The summed E-state index contributed by atoms with van der Waals surface area (Å²) in [5.41, 5.74) is 3.01. The number of carbonyl (C=O) groups excluding carboxylic acids is 2. The molecule has 0 aliphatic carbocycles. The molecule has 1 fully saturated rings. The molecule has 1 aliphatic rings. The summed E-state index contributed by atoms with van der Waals surface area (Å²) in [6, 6.07) is 5.48. The van der Waals surface area contributed by atoms with Crippen LogP contribution in [-0.4, -0.2) is 57.6 Å². The molecule has 8 nitrogen and oxygen atoms in total. The quantitative estimate of drug-likeness (QED) is 0.720. The van der Waals surface area contributed by atoms with Gasteiger partial charge in [0.25, 0.3) is 5.91 Å². The lowest BCUT2D eigenvalue weighted by molar-refractivity contribution is -0.135. The van der Waals surface area contributed by atoms with Gasteiger partial charge >= 0.3 is 0 Å².